The lowest BCUT2D eigenvalue weighted by atomic mass is 10.0. The van der Waals surface area contributed by atoms with Crippen molar-refractivity contribution < 1.29 is 4.79 Å². The van der Waals surface area contributed by atoms with Crippen LogP contribution in [0.15, 0.2) is 66.7 Å². The van der Waals surface area contributed by atoms with Gasteiger partial charge in [-0.15, -0.1) is 0 Å². The molecule has 5 nitrogen and oxygen atoms in total. The van der Waals surface area contributed by atoms with Gasteiger partial charge in [0.2, 0.25) is 5.91 Å². The SMILES string of the molecule is Cc1cc2[nH]c(-c3cccc(NC(=S)NC(=O)/C=C/c4ccc(C(C)C)cc4)c3)nc2cc1Cl. The number of carbonyl (C=O) groups excluding carboxylic acids is 1. The molecule has 0 radical (unpaired) electrons. The van der Waals surface area contributed by atoms with Crippen LogP contribution in [-0.2, 0) is 4.79 Å². The number of thiocarbonyl (C=S) groups is 1. The summed E-state index contributed by atoms with van der Waals surface area (Å²) < 4.78 is 0. The Morgan fingerprint density at radius 1 is 1.12 bits per heavy atom. The highest BCUT2D eigenvalue weighted by molar-refractivity contribution is 7.80. The Morgan fingerprint density at radius 3 is 2.62 bits per heavy atom. The number of nitrogens with one attached hydrogen (secondary N) is 3. The first kappa shape index (κ1) is 23.7. The fourth-order valence-corrected chi connectivity index (χ4v) is 3.88. The summed E-state index contributed by atoms with van der Waals surface area (Å²) in [5, 5.41) is 6.63. The van der Waals surface area contributed by atoms with Crippen LogP contribution in [0.5, 0.6) is 0 Å². The van der Waals surface area contributed by atoms with Crippen LogP contribution in [0.2, 0.25) is 5.02 Å². The first-order chi connectivity index (χ1) is 16.3. The number of fused-ring (bicyclic) bond motifs is 1. The minimum absolute atomic E-state index is 0.217. The molecule has 0 saturated heterocycles. The largest absolute Gasteiger partial charge is 0.338 e. The van der Waals surface area contributed by atoms with Gasteiger partial charge in [-0.25, -0.2) is 4.98 Å². The van der Waals surface area contributed by atoms with Crippen molar-refractivity contribution in [2.45, 2.75) is 26.7 Å². The van der Waals surface area contributed by atoms with Crippen molar-refractivity contribution in [1.82, 2.24) is 15.3 Å². The number of imidazole rings is 1. The molecule has 0 atom stereocenters. The van der Waals surface area contributed by atoms with E-state index in [4.69, 9.17) is 23.8 Å². The van der Waals surface area contributed by atoms with Gasteiger partial charge in [-0.3, -0.25) is 10.1 Å². The van der Waals surface area contributed by atoms with E-state index >= 15 is 0 Å². The molecule has 3 N–H and O–H groups in total. The number of benzene rings is 3. The van der Waals surface area contributed by atoms with Crippen LogP contribution in [0.1, 0.15) is 36.5 Å². The Morgan fingerprint density at radius 2 is 1.88 bits per heavy atom. The molecule has 0 saturated carbocycles. The molecule has 0 aliphatic heterocycles. The Labute approximate surface area is 209 Å². The van der Waals surface area contributed by atoms with E-state index in [9.17, 15) is 4.79 Å². The maximum absolute atomic E-state index is 12.3. The topological polar surface area (TPSA) is 69.8 Å². The van der Waals surface area contributed by atoms with Crippen LogP contribution >= 0.6 is 23.8 Å². The average molecular weight is 489 g/mol. The molecule has 172 valence electrons. The normalized spacial score (nSPS) is 11.3. The van der Waals surface area contributed by atoms with E-state index < -0.39 is 0 Å². The second-order valence-corrected chi connectivity index (χ2v) is 9.20. The van der Waals surface area contributed by atoms with E-state index in [1.807, 2.05) is 55.5 Å². The molecule has 0 bridgehead atoms. The highest BCUT2D eigenvalue weighted by atomic mass is 35.5. The maximum Gasteiger partial charge on any atom is 0.250 e. The zero-order valence-corrected chi connectivity index (χ0v) is 20.7. The van der Waals surface area contributed by atoms with Gasteiger partial charge in [0.05, 0.1) is 11.0 Å². The Balaban J connectivity index is 1.39. The maximum atomic E-state index is 12.3. The lowest BCUT2D eigenvalue weighted by Gasteiger charge is -2.09. The number of aromatic amines is 1. The van der Waals surface area contributed by atoms with E-state index in [-0.39, 0.29) is 11.0 Å². The van der Waals surface area contributed by atoms with Crippen molar-refractivity contribution in [2.75, 3.05) is 5.32 Å². The van der Waals surface area contributed by atoms with Gasteiger partial charge in [0, 0.05) is 22.3 Å². The molecule has 0 aliphatic rings. The number of halogens is 1. The lowest BCUT2D eigenvalue weighted by Crippen LogP contribution is -2.32. The molecule has 0 unspecified atom stereocenters. The minimum atomic E-state index is -0.300. The van der Waals surface area contributed by atoms with Gasteiger partial charge in [0.25, 0.3) is 0 Å². The summed E-state index contributed by atoms with van der Waals surface area (Å²) in [5.74, 6) is 0.894. The molecular formula is C27H25ClN4OS. The van der Waals surface area contributed by atoms with Crippen LogP contribution in [0, 0.1) is 6.92 Å². The van der Waals surface area contributed by atoms with Crippen molar-refractivity contribution in [2.24, 2.45) is 0 Å². The number of anilines is 1. The third-order valence-electron chi connectivity index (χ3n) is 5.42. The summed E-state index contributed by atoms with van der Waals surface area (Å²) in [4.78, 5) is 20.3. The van der Waals surface area contributed by atoms with Gasteiger partial charge in [-0.05, 0) is 72.1 Å². The molecule has 0 aliphatic carbocycles. The van der Waals surface area contributed by atoms with Gasteiger partial charge < -0.3 is 10.3 Å². The molecule has 1 heterocycles. The Bertz CT molecular complexity index is 1350. The van der Waals surface area contributed by atoms with E-state index in [1.165, 1.54) is 11.6 Å². The molecule has 3 aromatic carbocycles. The number of rotatable bonds is 5. The monoisotopic (exact) mass is 488 g/mol. The third kappa shape index (κ3) is 5.71. The third-order valence-corrected chi connectivity index (χ3v) is 6.03. The Kier molecular flexibility index (Phi) is 7.10. The molecule has 0 fully saturated rings. The molecule has 1 aromatic heterocycles. The lowest BCUT2D eigenvalue weighted by molar-refractivity contribution is -0.115. The summed E-state index contributed by atoms with van der Waals surface area (Å²) in [5.41, 5.74) is 6.55. The predicted molar refractivity (Wildman–Crippen MR) is 145 cm³/mol. The summed E-state index contributed by atoms with van der Waals surface area (Å²) in [6.45, 7) is 6.25. The predicted octanol–water partition coefficient (Wildman–Crippen LogP) is 6.84. The Hall–Kier alpha value is -3.48. The molecule has 0 spiro atoms. The van der Waals surface area contributed by atoms with Crippen molar-refractivity contribution in [3.63, 3.8) is 0 Å². The van der Waals surface area contributed by atoms with E-state index in [1.54, 1.807) is 6.08 Å². The molecule has 34 heavy (non-hydrogen) atoms. The van der Waals surface area contributed by atoms with Crippen LogP contribution in [0.4, 0.5) is 5.69 Å². The fraction of sp³-hybridized carbons (Fsp3) is 0.148. The second-order valence-electron chi connectivity index (χ2n) is 8.38. The standard InChI is InChI=1S/C27H25ClN4OS/c1-16(2)19-10-7-18(8-11-19)9-12-25(33)32-27(34)29-21-6-4-5-20(14-21)26-30-23-13-17(3)22(28)15-24(23)31-26/h4-16H,1-3H3,(H,30,31)(H2,29,32,33,34)/b12-9+. The summed E-state index contributed by atoms with van der Waals surface area (Å²) in [6.07, 6.45) is 3.23. The number of nitrogens with zero attached hydrogens (tertiary/aromatic N) is 1. The minimum Gasteiger partial charge on any atom is -0.338 e. The molecular weight excluding hydrogens is 464 g/mol. The number of amides is 1. The number of H-pyrrole nitrogens is 1. The quantitative estimate of drug-likeness (QED) is 0.212. The fourth-order valence-electron chi connectivity index (χ4n) is 3.50. The molecule has 7 heteroatoms. The van der Waals surface area contributed by atoms with Crippen molar-refractivity contribution in [3.05, 3.63) is 88.5 Å². The van der Waals surface area contributed by atoms with Crippen LogP contribution in [-0.4, -0.2) is 21.0 Å². The zero-order valence-electron chi connectivity index (χ0n) is 19.1. The second kappa shape index (κ2) is 10.2. The molecule has 4 rings (SSSR count). The summed E-state index contributed by atoms with van der Waals surface area (Å²) in [6, 6.07) is 19.6. The van der Waals surface area contributed by atoms with Crippen LogP contribution < -0.4 is 10.6 Å². The van der Waals surface area contributed by atoms with Crippen molar-refractivity contribution in [1.29, 1.82) is 0 Å². The summed E-state index contributed by atoms with van der Waals surface area (Å²) >= 11 is 11.5. The average Bonchev–Trinajstić information content (AvgIpc) is 3.21. The van der Waals surface area contributed by atoms with Gasteiger partial charge >= 0.3 is 0 Å². The number of hydrogen-bond acceptors (Lipinski definition) is 3. The summed E-state index contributed by atoms with van der Waals surface area (Å²) in [7, 11) is 0. The van der Waals surface area contributed by atoms with Crippen LogP contribution in [0.3, 0.4) is 0 Å². The number of aromatic nitrogens is 2. The van der Waals surface area contributed by atoms with Gasteiger partial charge in [0.1, 0.15) is 5.82 Å². The number of aryl methyl sites for hydroxylation is 1. The highest BCUT2D eigenvalue weighted by Gasteiger charge is 2.09. The van der Waals surface area contributed by atoms with Crippen molar-refractivity contribution in [3.8, 4) is 11.4 Å². The first-order valence-electron chi connectivity index (χ1n) is 10.9. The molecule has 4 aromatic rings. The van der Waals surface area contributed by atoms with Gasteiger partial charge in [-0.1, -0.05) is 61.8 Å². The van der Waals surface area contributed by atoms with Gasteiger partial charge in [-0.2, -0.15) is 0 Å². The first-order valence-corrected chi connectivity index (χ1v) is 11.7. The van der Waals surface area contributed by atoms with E-state index in [0.717, 1.165) is 39.2 Å². The number of carbonyl (C=O) groups is 1. The van der Waals surface area contributed by atoms with E-state index in [0.29, 0.717) is 10.9 Å². The zero-order chi connectivity index (χ0) is 24.2. The number of hydrogen-bond donors (Lipinski definition) is 3. The van der Waals surface area contributed by atoms with Gasteiger partial charge in [0.15, 0.2) is 5.11 Å². The smallest absolute Gasteiger partial charge is 0.250 e. The van der Waals surface area contributed by atoms with Crippen LogP contribution in [0.25, 0.3) is 28.5 Å². The molecule has 1 amide bonds. The van der Waals surface area contributed by atoms with E-state index in [2.05, 4.69) is 46.6 Å². The van der Waals surface area contributed by atoms with Crippen molar-refractivity contribution >= 4 is 57.6 Å². The highest BCUT2D eigenvalue weighted by Crippen LogP contribution is 2.26.